The summed E-state index contributed by atoms with van der Waals surface area (Å²) in [5.74, 6) is 0. The molecule has 0 unspecified atom stereocenters. The Balaban J connectivity index is 0. The summed E-state index contributed by atoms with van der Waals surface area (Å²) in [6.07, 6.45) is 2.19. The van der Waals surface area contributed by atoms with E-state index in [1.807, 2.05) is 20.8 Å². The van der Waals surface area contributed by atoms with Crippen LogP contribution in [-0.4, -0.2) is 37.7 Å². The first kappa shape index (κ1) is 19.2. The lowest BCUT2D eigenvalue weighted by Crippen LogP contribution is -2.10. The molecule has 0 amide bonds. The summed E-state index contributed by atoms with van der Waals surface area (Å²) in [5, 5.41) is 7.42. The van der Waals surface area contributed by atoms with E-state index in [9.17, 15) is 0 Å². The van der Waals surface area contributed by atoms with Crippen molar-refractivity contribution in [1.29, 1.82) is 0 Å². The van der Waals surface area contributed by atoms with Crippen LogP contribution in [0.2, 0.25) is 0 Å². The van der Waals surface area contributed by atoms with E-state index in [0.29, 0.717) is 26.3 Å². The van der Waals surface area contributed by atoms with Crippen LogP contribution < -0.4 is 11.5 Å². The molecule has 0 rings (SSSR count). The minimum Gasteiger partial charge on any atom is -0.396 e. The van der Waals surface area contributed by atoms with Crippen molar-refractivity contribution in [3.05, 3.63) is 0 Å². The van der Waals surface area contributed by atoms with Gasteiger partial charge >= 0.3 is 0 Å². The minimum absolute atomic E-state index is 0.472. The average Bonchev–Trinajstić information content (AvgIpc) is 2.41. The summed E-state index contributed by atoms with van der Waals surface area (Å²) in [4.78, 5) is 9.63. The van der Waals surface area contributed by atoms with Crippen LogP contribution in [0.3, 0.4) is 0 Å². The molecule has 0 heterocycles. The molecule has 0 aromatic rings. The first-order valence-electron chi connectivity index (χ1n) is 6.33. The van der Waals surface area contributed by atoms with Crippen molar-refractivity contribution >= 4 is 11.4 Å². The van der Waals surface area contributed by atoms with E-state index in [0.717, 1.165) is 24.3 Å². The normalized spacial score (nSPS) is 11.7. The van der Waals surface area contributed by atoms with Gasteiger partial charge in [-0.15, -0.1) is 0 Å². The Bertz CT molecular complexity index is 230. The fourth-order valence-electron chi connectivity index (χ4n) is 0.614. The molecule has 0 aliphatic heterocycles. The van der Waals surface area contributed by atoms with Gasteiger partial charge in [0.05, 0.1) is 11.4 Å². The Kier molecular flexibility index (Phi) is 16.9. The van der Waals surface area contributed by atoms with E-state index in [4.69, 9.17) is 21.1 Å². The second-order valence-corrected chi connectivity index (χ2v) is 3.67. The standard InChI is InChI=1S/C7H16N2O.C5H12N2O/c1-3-4-5-10-9-7(2)6-8;1-3-8-7-5(2)4-6/h3-6,8H2,1-2H3;3-4,6H2,1-2H3/b9-7+;7-5+. The van der Waals surface area contributed by atoms with E-state index in [1.165, 1.54) is 0 Å². The molecule has 0 aliphatic rings. The molecule has 0 aromatic heterocycles. The zero-order chi connectivity index (χ0) is 14.2. The molecule has 0 aromatic carbocycles. The van der Waals surface area contributed by atoms with E-state index >= 15 is 0 Å². The Morgan fingerprint density at radius 3 is 1.83 bits per heavy atom. The van der Waals surface area contributed by atoms with Crippen molar-refractivity contribution in [2.75, 3.05) is 26.3 Å². The Morgan fingerprint density at radius 1 is 0.944 bits per heavy atom. The summed E-state index contributed by atoms with van der Waals surface area (Å²) in [5.41, 5.74) is 12.1. The van der Waals surface area contributed by atoms with E-state index in [-0.39, 0.29) is 0 Å². The monoisotopic (exact) mass is 260 g/mol. The molecule has 0 fully saturated rings. The number of rotatable bonds is 8. The fourth-order valence-corrected chi connectivity index (χ4v) is 0.614. The van der Waals surface area contributed by atoms with Crippen LogP contribution in [0.5, 0.6) is 0 Å². The molecule has 0 bridgehead atoms. The van der Waals surface area contributed by atoms with Crippen molar-refractivity contribution in [1.82, 2.24) is 0 Å². The molecule has 0 atom stereocenters. The smallest absolute Gasteiger partial charge is 0.117 e. The highest BCUT2D eigenvalue weighted by Gasteiger charge is 1.85. The summed E-state index contributed by atoms with van der Waals surface area (Å²) in [6, 6.07) is 0. The molecule has 0 spiro atoms. The molecule has 18 heavy (non-hydrogen) atoms. The van der Waals surface area contributed by atoms with Gasteiger partial charge in [0, 0.05) is 13.1 Å². The maximum Gasteiger partial charge on any atom is 0.117 e. The molecule has 0 aliphatic carbocycles. The van der Waals surface area contributed by atoms with Crippen LogP contribution in [0.25, 0.3) is 0 Å². The van der Waals surface area contributed by atoms with Crippen molar-refractivity contribution in [3.8, 4) is 0 Å². The van der Waals surface area contributed by atoms with Gasteiger partial charge in [-0.2, -0.15) is 0 Å². The van der Waals surface area contributed by atoms with Crippen molar-refractivity contribution in [2.24, 2.45) is 21.8 Å². The van der Waals surface area contributed by atoms with Gasteiger partial charge < -0.3 is 21.1 Å². The molecular formula is C12H28N4O2. The summed E-state index contributed by atoms with van der Waals surface area (Å²) in [7, 11) is 0. The highest BCUT2D eigenvalue weighted by atomic mass is 16.6. The second kappa shape index (κ2) is 15.9. The van der Waals surface area contributed by atoms with Crippen molar-refractivity contribution < 1.29 is 9.68 Å². The predicted octanol–water partition coefficient (Wildman–Crippen LogP) is 1.50. The van der Waals surface area contributed by atoms with Gasteiger partial charge in [0.1, 0.15) is 13.2 Å². The topological polar surface area (TPSA) is 95.2 Å². The number of unbranched alkanes of at least 4 members (excludes halogenated alkanes) is 1. The van der Waals surface area contributed by atoms with Crippen LogP contribution in [-0.2, 0) is 9.68 Å². The van der Waals surface area contributed by atoms with Gasteiger partial charge in [-0.3, -0.25) is 0 Å². The third-order valence-electron chi connectivity index (χ3n) is 1.75. The van der Waals surface area contributed by atoms with E-state index in [1.54, 1.807) is 0 Å². The van der Waals surface area contributed by atoms with Crippen molar-refractivity contribution in [2.45, 2.75) is 40.5 Å². The highest BCUT2D eigenvalue weighted by Crippen LogP contribution is 1.88. The van der Waals surface area contributed by atoms with Gasteiger partial charge in [-0.1, -0.05) is 23.7 Å². The average molecular weight is 260 g/mol. The number of nitrogens with two attached hydrogens (primary N) is 2. The van der Waals surface area contributed by atoms with E-state index in [2.05, 4.69) is 17.2 Å². The minimum atomic E-state index is 0.472. The van der Waals surface area contributed by atoms with Gasteiger partial charge in [0.25, 0.3) is 0 Å². The van der Waals surface area contributed by atoms with Gasteiger partial charge in [0.2, 0.25) is 0 Å². The van der Waals surface area contributed by atoms with Crippen LogP contribution >= 0.6 is 0 Å². The Labute approximate surface area is 110 Å². The molecule has 108 valence electrons. The summed E-state index contributed by atoms with van der Waals surface area (Å²) >= 11 is 0. The van der Waals surface area contributed by atoms with Gasteiger partial charge in [0.15, 0.2) is 0 Å². The molecule has 0 saturated carbocycles. The lowest BCUT2D eigenvalue weighted by molar-refractivity contribution is 0.140. The van der Waals surface area contributed by atoms with Gasteiger partial charge in [-0.05, 0) is 27.2 Å². The number of oxime groups is 2. The summed E-state index contributed by atoms with van der Waals surface area (Å²) < 4.78 is 0. The number of nitrogens with zero attached hydrogens (tertiary/aromatic N) is 2. The zero-order valence-electron chi connectivity index (χ0n) is 12.1. The molecule has 6 nitrogen and oxygen atoms in total. The Morgan fingerprint density at radius 2 is 1.44 bits per heavy atom. The summed E-state index contributed by atoms with van der Waals surface area (Å²) in [6.45, 7) is 9.94. The second-order valence-electron chi connectivity index (χ2n) is 3.67. The Hall–Kier alpha value is -1.14. The molecular weight excluding hydrogens is 232 g/mol. The van der Waals surface area contributed by atoms with E-state index < -0.39 is 0 Å². The first-order valence-corrected chi connectivity index (χ1v) is 6.33. The SMILES string of the molecule is CCCCO/N=C(\C)CN.CCO/N=C(\C)CN. The predicted molar refractivity (Wildman–Crippen MR) is 76.8 cm³/mol. The van der Waals surface area contributed by atoms with Gasteiger partial charge in [-0.25, -0.2) is 0 Å². The maximum atomic E-state index is 5.28. The molecule has 0 radical (unpaired) electrons. The first-order chi connectivity index (χ1) is 8.62. The largest absolute Gasteiger partial charge is 0.396 e. The lowest BCUT2D eigenvalue weighted by atomic mass is 10.4. The highest BCUT2D eigenvalue weighted by molar-refractivity contribution is 5.83. The molecule has 0 saturated heterocycles. The molecule has 4 N–H and O–H groups in total. The fraction of sp³-hybridized carbons (Fsp3) is 0.833. The number of hydrogen-bond acceptors (Lipinski definition) is 6. The zero-order valence-corrected chi connectivity index (χ0v) is 12.1. The van der Waals surface area contributed by atoms with Crippen LogP contribution in [0, 0.1) is 0 Å². The van der Waals surface area contributed by atoms with Crippen LogP contribution in [0.1, 0.15) is 40.5 Å². The lowest BCUT2D eigenvalue weighted by Gasteiger charge is -1.97. The number of hydrogen-bond donors (Lipinski definition) is 2. The quantitative estimate of drug-likeness (QED) is 0.393. The third-order valence-corrected chi connectivity index (χ3v) is 1.75. The maximum absolute atomic E-state index is 5.28. The van der Waals surface area contributed by atoms with Crippen LogP contribution in [0.15, 0.2) is 10.3 Å². The third kappa shape index (κ3) is 17.3. The van der Waals surface area contributed by atoms with Crippen molar-refractivity contribution in [3.63, 3.8) is 0 Å². The molecule has 6 heteroatoms. The van der Waals surface area contributed by atoms with Crippen LogP contribution in [0.4, 0.5) is 0 Å².